The van der Waals surface area contributed by atoms with Crippen molar-refractivity contribution in [1.82, 2.24) is 4.98 Å². The Morgan fingerprint density at radius 1 is 1.26 bits per heavy atom. The van der Waals surface area contributed by atoms with Crippen LogP contribution in [0.5, 0.6) is 0 Å². The normalized spacial score (nSPS) is 14.3. The van der Waals surface area contributed by atoms with E-state index in [1.807, 2.05) is 12.1 Å². The molecule has 3 rings (SSSR count). The van der Waals surface area contributed by atoms with Crippen LogP contribution >= 0.6 is 15.9 Å². The van der Waals surface area contributed by atoms with Crippen LogP contribution in [0.1, 0.15) is 11.3 Å². The molecule has 2 aromatic rings. The molecule has 6 heteroatoms. The van der Waals surface area contributed by atoms with Gasteiger partial charge in [0.2, 0.25) is 0 Å². The molecule has 1 N–H and O–H groups in total. The molecule has 1 aliphatic heterocycles. The van der Waals surface area contributed by atoms with Crippen molar-refractivity contribution in [2.45, 2.75) is 6.54 Å². The first-order valence-corrected chi connectivity index (χ1v) is 8.27. The minimum Gasteiger partial charge on any atom is -0.380 e. The molecule has 0 saturated carbocycles. The Kier molecular flexibility index (Phi) is 5.11. The van der Waals surface area contributed by atoms with Crippen molar-refractivity contribution >= 4 is 27.3 Å². The molecule has 2 heterocycles. The standard InChI is InChI=1S/C17H17BrN4O/c18-14-2-1-13(17(9-14)22-5-7-23-8-6-22)11-20-16-4-3-15(10-19)21-12-16/h1-4,9,12,20H,5-8,11H2. The van der Waals surface area contributed by atoms with E-state index < -0.39 is 0 Å². The van der Waals surface area contributed by atoms with Gasteiger partial charge in [0.25, 0.3) is 0 Å². The number of hydrogen-bond donors (Lipinski definition) is 1. The number of aromatic nitrogens is 1. The Balaban J connectivity index is 1.74. The molecule has 0 unspecified atom stereocenters. The van der Waals surface area contributed by atoms with E-state index in [0.29, 0.717) is 12.2 Å². The largest absolute Gasteiger partial charge is 0.380 e. The Morgan fingerprint density at radius 2 is 2.09 bits per heavy atom. The van der Waals surface area contributed by atoms with Crippen LogP contribution < -0.4 is 10.2 Å². The van der Waals surface area contributed by atoms with Gasteiger partial charge in [-0.1, -0.05) is 22.0 Å². The van der Waals surface area contributed by atoms with Gasteiger partial charge in [0.05, 0.1) is 25.1 Å². The first kappa shape index (κ1) is 15.8. The van der Waals surface area contributed by atoms with Crippen LogP contribution in [-0.2, 0) is 11.3 Å². The van der Waals surface area contributed by atoms with Gasteiger partial charge in [0, 0.05) is 29.8 Å². The van der Waals surface area contributed by atoms with Crippen molar-refractivity contribution in [3.05, 3.63) is 52.3 Å². The molecule has 1 aromatic heterocycles. The zero-order valence-corrected chi connectivity index (χ0v) is 14.2. The van der Waals surface area contributed by atoms with Crippen LogP contribution in [0.15, 0.2) is 41.0 Å². The Labute approximate surface area is 144 Å². The maximum atomic E-state index is 8.79. The van der Waals surface area contributed by atoms with Gasteiger partial charge in [-0.15, -0.1) is 0 Å². The van der Waals surface area contributed by atoms with Gasteiger partial charge in [-0.2, -0.15) is 5.26 Å². The first-order chi connectivity index (χ1) is 11.3. The lowest BCUT2D eigenvalue weighted by molar-refractivity contribution is 0.122. The van der Waals surface area contributed by atoms with E-state index >= 15 is 0 Å². The zero-order chi connectivity index (χ0) is 16.1. The quantitative estimate of drug-likeness (QED) is 0.892. The molecular formula is C17H17BrN4O. The van der Waals surface area contributed by atoms with Crippen molar-refractivity contribution < 1.29 is 4.74 Å². The zero-order valence-electron chi connectivity index (χ0n) is 12.6. The average molecular weight is 373 g/mol. The fourth-order valence-electron chi connectivity index (χ4n) is 2.55. The van der Waals surface area contributed by atoms with Crippen LogP contribution in [0.3, 0.4) is 0 Å². The van der Waals surface area contributed by atoms with E-state index in [9.17, 15) is 0 Å². The van der Waals surface area contributed by atoms with Crippen molar-refractivity contribution in [2.75, 3.05) is 36.5 Å². The number of morpholine rings is 1. The third kappa shape index (κ3) is 4.01. The molecule has 0 atom stereocenters. The van der Waals surface area contributed by atoms with Gasteiger partial charge in [-0.25, -0.2) is 4.98 Å². The second-order valence-corrected chi connectivity index (χ2v) is 6.19. The highest BCUT2D eigenvalue weighted by Crippen LogP contribution is 2.27. The summed E-state index contributed by atoms with van der Waals surface area (Å²) in [6.07, 6.45) is 1.69. The molecule has 1 aromatic carbocycles. The topological polar surface area (TPSA) is 61.2 Å². The summed E-state index contributed by atoms with van der Waals surface area (Å²) in [7, 11) is 0. The number of nitriles is 1. The van der Waals surface area contributed by atoms with Crippen molar-refractivity contribution in [3.8, 4) is 6.07 Å². The molecule has 1 aliphatic rings. The number of benzene rings is 1. The van der Waals surface area contributed by atoms with E-state index in [1.165, 1.54) is 11.3 Å². The number of halogens is 1. The SMILES string of the molecule is N#Cc1ccc(NCc2ccc(Br)cc2N2CCOCC2)cn1. The van der Waals surface area contributed by atoms with E-state index in [4.69, 9.17) is 10.00 Å². The van der Waals surface area contributed by atoms with Crippen molar-refractivity contribution in [2.24, 2.45) is 0 Å². The number of rotatable bonds is 4. The molecule has 5 nitrogen and oxygen atoms in total. The third-order valence-corrected chi connectivity index (χ3v) is 4.25. The second-order valence-electron chi connectivity index (χ2n) is 5.27. The lowest BCUT2D eigenvalue weighted by atomic mass is 10.1. The summed E-state index contributed by atoms with van der Waals surface area (Å²) >= 11 is 3.56. The molecule has 0 aliphatic carbocycles. The maximum absolute atomic E-state index is 8.79. The van der Waals surface area contributed by atoms with Gasteiger partial charge in [0.15, 0.2) is 0 Å². The monoisotopic (exact) mass is 372 g/mol. The second kappa shape index (κ2) is 7.44. The van der Waals surface area contributed by atoms with Crippen molar-refractivity contribution in [3.63, 3.8) is 0 Å². The van der Waals surface area contributed by atoms with E-state index in [0.717, 1.165) is 36.5 Å². The molecule has 0 spiro atoms. The Hall–Kier alpha value is -2.10. The van der Waals surface area contributed by atoms with Crippen molar-refractivity contribution in [1.29, 1.82) is 5.26 Å². The molecular weight excluding hydrogens is 356 g/mol. The number of pyridine rings is 1. The summed E-state index contributed by atoms with van der Waals surface area (Å²) in [6, 6.07) is 11.9. The fourth-order valence-corrected chi connectivity index (χ4v) is 2.90. The highest BCUT2D eigenvalue weighted by Gasteiger charge is 2.15. The highest BCUT2D eigenvalue weighted by atomic mass is 79.9. The highest BCUT2D eigenvalue weighted by molar-refractivity contribution is 9.10. The number of hydrogen-bond acceptors (Lipinski definition) is 5. The maximum Gasteiger partial charge on any atom is 0.140 e. The van der Waals surface area contributed by atoms with E-state index in [2.05, 4.69) is 49.3 Å². The summed E-state index contributed by atoms with van der Waals surface area (Å²) in [5, 5.41) is 12.2. The Bertz CT molecular complexity index is 706. The summed E-state index contributed by atoms with van der Waals surface area (Å²) < 4.78 is 6.51. The lowest BCUT2D eigenvalue weighted by Crippen LogP contribution is -2.36. The van der Waals surface area contributed by atoms with Crippen LogP contribution in [-0.4, -0.2) is 31.3 Å². The van der Waals surface area contributed by atoms with Crippen LogP contribution in [0.2, 0.25) is 0 Å². The molecule has 118 valence electrons. The molecule has 23 heavy (non-hydrogen) atoms. The smallest absolute Gasteiger partial charge is 0.140 e. The molecule has 0 bridgehead atoms. The molecule has 1 saturated heterocycles. The van der Waals surface area contributed by atoms with Crippen LogP contribution in [0, 0.1) is 11.3 Å². The molecule has 0 radical (unpaired) electrons. The van der Waals surface area contributed by atoms with Gasteiger partial charge >= 0.3 is 0 Å². The number of ether oxygens (including phenoxy) is 1. The predicted octanol–water partition coefficient (Wildman–Crippen LogP) is 3.16. The van der Waals surface area contributed by atoms with E-state index in [1.54, 1.807) is 12.3 Å². The Morgan fingerprint density at radius 3 is 2.78 bits per heavy atom. The lowest BCUT2D eigenvalue weighted by Gasteiger charge is -2.31. The molecule has 0 amide bonds. The van der Waals surface area contributed by atoms with E-state index in [-0.39, 0.29) is 0 Å². The minimum atomic E-state index is 0.424. The average Bonchev–Trinajstić information content (AvgIpc) is 2.62. The third-order valence-electron chi connectivity index (χ3n) is 3.76. The van der Waals surface area contributed by atoms with Crippen LogP contribution in [0.4, 0.5) is 11.4 Å². The summed E-state index contributed by atoms with van der Waals surface area (Å²) in [5.41, 5.74) is 3.77. The number of nitrogens with one attached hydrogen (secondary N) is 1. The summed E-state index contributed by atoms with van der Waals surface area (Å²) in [4.78, 5) is 6.43. The number of anilines is 2. The summed E-state index contributed by atoms with van der Waals surface area (Å²) in [6.45, 7) is 4.04. The summed E-state index contributed by atoms with van der Waals surface area (Å²) in [5.74, 6) is 0. The first-order valence-electron chi connectivity index (χ1n) is 7.47. The number of nitrogens with zero attached hydrogens (tertiary/aromatic N) is 3. The predicted molar refractivity (Wildman–Crippen MR) is 93.5 cm³/mol. The van der Waals surface area contributed by atoms with Gasteiger partial charge in [-0.3, -0.25) is 0 Å². The minimum absolute atomic E-state index is 0.424. The fraction of sp³-hybridized carbons (Fsp3) is 0.294. The molecule has 1 fully saturated rings. The van der Waals surface area contributed by atoms with Gasteiger partial charge < -0.3 is 15.0 Å². The van der Waals surface area contributed by atoms with Crippen LogP contribution in [0.25, 0.3) is 0 Å². The van der Waals surface area contributed by atoms with Gasteiger partial charge in [-0.05, 0) is 29.8 Å². The van der Waals surface area contributed by atoms with Gasteiger partial charge in [0.1, 0.15) is 11.8 Å².